The lowest BCUT2D eigenvalue weighted by molar-refractivity contribution is 0.355. The van der Waals surface area contributed by atoms with E-state index >= 15 is 0 Å². The topological polar surface area (TPSA) is 71.0 Å². The summed E-state index contributed by atoms with van der Waals surface area (Å²) in [5, 5.41) is 0. The summed E-state index contributed by atoms with van der Waals surface area (Å²) in [6.45, 7) is 0. The molecule has 6 nitrogen and oxygen atoms in total. The molecular formula is C22H21N3O3. The number of hydrogen-bond donors (Lipinski definition) is 1. The molecule has 2 N–H and O–H groups in total. The SMILES string of the molecule is COc1ccc(-c2cnc3c(N)cc(-c4ccccc4OC)cn23)cc1OC. The largest absolute Gasteiger partial charge is 0.496 e. The molecule has 2 heterocycles. The first-order chi connectivity index (χ1) is 13.7. The first-order valence-electron chi connectivity index (χ1n) is 8.78. The lowest BCUT2D eigenvalue weighted by Gasteiger charge is -2.12. The van der Waals surface area contributed by atoms with Crippen molar-refractivity contribution in [2.24, 2.45) is 0 Å². The third-order valence-corrected chi connectivity index (χ3v) is 4.73. The summed E-state index contributed by atoms with van der Waals surface area (Å²) in [7, 11) is 4.90. The van der Waals surface area contributed by atoms with Crippen molar-refractivity contribution >= 4 is 11.3 Å². The number of imidazole rings is 1. The standard InChI is InChI=1S/C22H21N3O3/c1-26-19-7-5-4-6-16(19)15-10-17(23)22-24-12-18(25(22)13-15)14-8-9-20(27-2)21(11-14)28-3/h4-13H,23H2,1-3H3. The van der Waals surface area contributed by atoms with Crippen LogP contribution in [0, 0.1) is 0 Å². The van der Waals surface area contributed by atoms with Crippen LogP contribution in [0.5, 0.6) is 17.2 Å². The van der Waals surface area contributed by atoms with Crippen LogP contribution in [-0.4, -0.2) is 30.7 Å². The Kier molecular flexibility index (Phi) is 4.53. The minimum absolute atomic E-state index is 0.593. The summed E-state index contributed by atoms with van der Waals surface area (Å²) in [5.41, 5.74) is 11.4. The summed E-state index contributed by atoms with van der Waals surface area (Å²) in [6, 6.07) is 15.5. The molecule has 0 unspecified atom stereocenters. The number of nitrogens with two attached hydrogens (primary N) is 1. The van der Waals surface area contributed by atoms with Gasteiger partial charge in [0, 0.05) is 22.9 Å². The average Bonchev–Trinajstić information content (AvgIpc) is 3.17. The van der Waals surface area contributed by atoms with Crippen molar-refractivity contribution in [3.63, 3.8) is 0 Å². The summed E-state index contributed by atoms with van der Waals surface area (Å²) in [4.78, 5) is 4.50. The fraction of sp³-hybridized carbons (Fsp3) is 0.136. The van der Waals surface area contributed by atoms with Gasteiger partial charge in [-0.15, -0.1) is 0 Å². The van der Waals surface area contributed by atoms with E-state index in [9.17, 15) is 0 Å². The molecular weight excluding hydrogens is 354 g/mol. The monoisotopic (exact) mass is 375 g/mol. The van der Waals surface area contributed by atoms with Crippen molar-refractivity contribution in [1.29, 1.82) is 0 Å². The number of ether oxygens (including phenoxy) is 3. The van der Waals surface area contributed by atoms with E-state index in [4.69, 9.17) is 19.9 Å². The minimum atomic E-state index is 0.593. The Bertz CT molecular complexity index is 1150. The predicted molar refractivity (Wildman–Crippen MR) is 110 cm³/mol. The molecule has 0 amide bonds. The normalized spacial score (nSPS) is 10.8. The zero-order valence-electron chi connectivity index (χ0n) is 16.0. The van der Waals surface area contributed by atoms with Gasteiger partial charge in [0.05, 0.1) is 38.9 Å². The van der Waals surface area contributed by atoms with Crippen LogP contribution in [0.1, 0.15) is 0 Å². The fourth-order valence-corrected chi connectivity index (χ4v) is 3.35. The van der Waals surface area contributed by atoms with Gasteiger partial charge in [0.15, 0.2) is 17.1 Å². The van der Waals surface area contributed by atoms with Crippen LogP contribution in [0.4, 0.5) is 5.69 Å². The maximum Gasteiger partial charge on any atom is 0.161 e. The van der Waals surface area contributed by atoms with Crippen molar-refractivity contribution in [1.82, 2.24) is 9.38 Å². The highest BCUT2D eigenvalue weighted by Gasteiger charge is 2.14. The van der Waals surface area contributed by atoms with Crippen LogP contribution < -0.4 is 19.9 Å². The molecule has 2 aromatic carbocycles. The van der Waals surface area contributed by atoms with Crippen LogP contribution in [0.15, 0.2) is 60.9 Å². The number of aromatic nitrogens is 2. The number of anilines is 1. The van der Waals surface area contributed by atoms with Gasteiger partial charge < -0.3 is 19.9 Å². The van der Waals surface area contributed by atoms with Crippen LogP contribution in [0.25, 0.3) is 28.0 Å². The van der Waals surface area contributed by atoms with E-state index in [1.807, 2.05) is 59.1 Å². The van der Waals surface area contributed by atoms with Gasteiger partial charge in [0.2, 0.25) is 0 Å². The molecule has 28 heavy (non-hydrogen) atoms. The summed E-state index contributed by atoms with van der Waals surface area (Å²) in [6.07, 6.45) is 3.82. The molecule has 0 atom stereocenters. The second kappa shape index (κ2) is 7.15. The van der Waals surface area contributed by atoms with Crippen LogP contribution in [0.2, 0.25) is 0 Å². The number of benzene rings is 2. The molecule has 0 bridgehead atoms. The Balaban J connectivity index is 1.91. The highest BCUT2D eigenvalue weighted by atomic mass is 16.5. The van der Waals surface area contributed by atoms with E-state index in [0.717, 1.165) is 28.1 Å². The molecule has 4 aromatic rings. The smallest absolute Gasteiger partial charge is 0.161 e. The zero-order chi connectivity index (χ0) is 19.7. The van der Waals surface area contributed by atoms with Gasteiger partial charge in [-0.3, -0.25) is 4.40 Å². The molecule has 0 spiro atoms. The average molecular weight is 375 g/mol. The van der Waals surface area contributed by atoms with Crippen LogP contribution >= 0.6 is 0 Å². The van der Waals surface area contributed by atoms with Gasteiger partial charge >= 0.3 is 0 Å². The van der Waals surface area contributed by atoms with Crippen molar-refractivity contribution in [2.45, 2.75) is 0 Å². The van der Waals surface area contributed by atoms with Gasteiger partial charge in [0.1, 0.15) is 5.75 Å². The van der Waals surface area contributed by atoms with Crippen LogP contribution in [0.3, 0.4) is 0 Å². The number of para-hydroxylation sites is 1. The van der Waals surface area contributed by atoms with Gasteiger partial charge in [-0.1, -0.05) is 18.2 Å². The highest BCUT2D eigenvalue weighted by molar-refractivity contribution is 5.80. The summed E-state index contributed by atoms with van der Waals surface area (Å²) >= 11 is 0. The van der Waals surface area contributed by atoms with E-state index in [1.165, 1.54) is 0 Å². The Morgan fingerprint density at radius 3 is 2.32 bits per heavy atom. The number of hydrogen-bond acceptors (Lipinski definition) is 5. The first kappa shape index (κ1) is 17.7. The van der Waals surface area contributed by atoms with E-state index in [-0.39, 0.29) is 0 Å². The molecule has 0 saturated heterocycles. The van der Waals surface area contributed by atoms with Gasteiger partial charge in [-0.05, 0) is 30.3 Å². The van der Waals surface area contributed by atoms with Crippen molar-refractivity contribution < 1.29 is 14.2 Å². The number of methoxy groups -OCH3 is 3. The first-order valence-corrected chi connectivity index (χ1v) is 8.78. The maximum atomic E-state index is 6.31. The fourth-order valence-electron chi connectivity index (χ4n) is 3.35. The number of fused-ring (bicyclic) bond motifs is 1. The number of nitrogens with zero attached hydrogens (tertiary/aromatic N) is 2. The molecule has 0 saturated carbocycles. The summed E-state index contributed by atoms with van der Waals surface area (Å²) in [5.74, 6) is 2.12. The molecule has 0 fully saturated rings. The third kappa shape index (κ3) is 2.89. The number of rotatable bonds is 5. The van der Waals surface area contributed by atoms with Crippen molar-refractivity contribution in [3.05, 3.63) is 60.9 Å². The minimum Gasteiger partial charge on any atom is -0.496 e. The molecule has 0 aliphatic heterocycles. The molecule has 2 aromatic heterocycles. The van der Waals surface area contributed by atoms with Gasteiger partial charge in [-0.25, -0.2) is 4.98 Å². The predicted octanol–water partition coefficient (Wildman–Crippen LogP) is 4.28. The van der Waals surface area contributed by atoms with Gasteiger partial charge in [0.25, 0.3) is 0 Å². The molecule has 0 aliphatic rings. The van der Waals surface area contributed by atoms with Crippen molar-refractivity contribution in [2.75, 3.05) is 27.1 Å². The second-order valence-electron chi connectivity index (χ2n) is 6.29. The molecule has 6 heteroatoms. The van der Waals surface area contributed by atoms with E-state index in [0.29, 0.717) is 22.8 Å². The van der Waals surface area contributed by atoms with E-state index in [1.54, 1.807) is 27.5 Å². The Labute approximate surface area is 163 Å². The quantitative estimate of drug-likeness (QED) is 0.564. The van der Waals surface area contributed by atoms with Crippen LogP contribution in [-0.2, 0) is 0 Å². The van der Waals surface area contributed by atoms with Gasteiger partial charge in [-0.2, -0.15) is 0 Å². The Morgan fingerprint density at radius 1 is 0.821 bits per heavy atom. The van der Waals surface area contributed by atoms with Crippen molar-refractivity contribution in [3.8, 4) is 39.6 Å². The second-order valence-corrected chi connectivity index (χ2v) is 6.29. The molecule has 0 aliphatic carbocycles. The lowest BCUT2D eigenvalue weighted by Crippen LogP contribution is -1.97. The molecule has 0 radical (unpaired) electrons. The van der Waals surface area contributed by atoms with E-state index in [2.05, 4.69) is 4.98 Å². The number of nitrogen functional groups attached to an aromatic ring is 1. The maximum absolute atomic E-state index is 6.31. The van der Waals surface area contributed by atoms with E-state index < -0.39 is 0 Å². The molecule has 142 valence electrons. The number of pyridine rings is 1. The third-order valence-electron chi connectivity index (χ3n) is 4.73. The highest BCUT2D eigenvalue weighted by Crippen LogP contribution is 2.36. The Morgan fingerprint density at radius 2 is 1.57 bits per heavy atom. The Hall–Kier alpha value is -3.67. The molecule has 4 rings (SSSR count). The lowest BCUT2D eigenvalue weighted by atomic mass is 10.1. The summed E-state index contributed by atoms with van der Waals surface area (Å²) < 4.78 is 18.3. The zero-order valence-corrected chi connectivity index (χ0v) is 16.0.